The van der Waals surface area contributed by atoms with E-state index in [1.807, 2.05) is 0 Å². The number of aromatic hydroxyl groups is 1. The van der Waals surface area contributed by atoms with E-state index in [1.165, 1.54) is 18.3 Å². The molecular formula is C11H16O2S. The molecule has 0 radical (unpaired) electrons. The lowest BCUT2D eigenvalue weighted by molar-refractivity contribution is -0.116. The summed E-state index contributed by atoms with van der Waals surface area (Å²) in [5.74, 6) is 0.345. The Bertz CT molecular complexity index is 345. The molecule has 0 saturated heterocycles. The second kappa shape index (κ2) is 3.73. The third-order valence-electron chi connectivity index (χ3n) is 1.94. The van der Waals surface area contributed by atoms with E-state index in [0.717, 1.165) is 9.75 Å². The highest BCUT2D eigenvalue weighted by atomic mass is 32.1. The van der Waals surface area contributed by atoms with Crippen molar-refractivity contribution in [3.63, 3.8) is 0 Å². The second-order valence-electron chi connectivity index (χ2n) is 4.55. The molecule has 0 saturated carbocycles. The molecule has 0 fully saturated rings. The van der Waals surface area contributed by atoms with Gasteiger partial charge in [0.1, 0.15) is 11.5 Å². The molecule has 0 aromatic carbocycles. The molecular weight excluding hydrogens is 196 g/mol. The van der Waals surface area contributed by atoms with E-state index in [4.69, 9.17) is 0 Å². The van der Waals surface area contributed by atoms with Gasteiger partial charge in [-0.3, -0.25) is 4.79 Å². The monoisotopic (exact) mass is 212 g/mol. The lowest BCUT2D eigenvalue weighted by Gasteiger charge is -2.14. The van der Waals surface area contributed by atoms with Crippen LogP contribution in [0.2, 0.25) is 0 Å². The zero-order valence-corrected chi connectivity index (χ0v) is 9.86. The Balaban J connectivity index is 2.99. The summed E-state index contributed by atoms with van der Waals surface area (Å²) < 4.78 is 0. The molecule has 0 spiro atoms. The van der Waals surface area contributed by atoms with Crippen LogP contribution in [0.25, 0.3) is 0 Å². The van der Waals surface area contributed by atoms with Crippen molar-refractivity contribution >= 4 is 17.1 Å². The number of ketones is 1. The highest BCUT2D eigenvalue weighted by molar-refractivity contribution is 7.12. The van der Waals surface area contributed by atoms with Gasteiger partial charge in [0.2, 0.25) is 0 Å². The first-order chi connectivity index (χ1) is 6.30. The summed E-state index contributed by atoms with van der Waals surface area (Å²) in [5, 5.41) is 9.60. The molecule has 1 heterocycles. The van der Waals surface area contributed by atoms with Crippen molar-refractivity contribution in [1.29, 1.82) is 0 Å². The SMILES string of the molecule is CC(=O)Cc1sc(C(C)(C)C)cc1O. The maximum Gasteiger partial charge on any atom is 0.135 e. The van der Waals surface area contributed by atoms with Crippen LogP contribution >= 0.6 is 11.3 Å². The van der Waals surface area contributed by atoms with Crippen molar-refractivity contribution in [2.24, 2.45) is 0 Å². The van der Waals surface area contributed by atoms with Gasteiger partial charge < -0.3 is 5.11 Å². The van der Waals surface area contributed by atoms with Crippen molar-refractivity contribution < 1.29 is 9.90 Å². The normalized spacial score (nSPS) is 11.7. The van der Waals surface area contributed by atoms with Crippen LogP contribution in [-0.2, 0) is 16.6 Å². The van der Waals surface area contributed by atoms with Gasteiger partial charge in [-0.1, -0.05) is 20.8 Å². The van der Waals surface area contributed by atoms with Crippen LogP contribution in [0.5, 0.6) is 5.75 Å². The molecule has 0 amide bonds. The van der Waals surface area contributed by atoms with Crippen LogP contribution in [0.15, 0.2) is 6.07 Å². The maximum absolute atomic E-state index is 10.9. The van der Waals surface area contributed by atoms with E-state index < -0.39 is 0 Å². The van der Waals surface area contributed by atoms with E-state index in [-0.39, 0.29) is 16.9 Å². The molecule has 1 N–H and O–H groups in total. The highest BCUT2D eigenvalue weighted by Crippen LogP contribution is 2.36. The first kappa shape index (κ1) is 11.2. The van der Waals surface area contributed by atoms with Crippen molar-refractivity contribution in [3.8, 4) is 5.75 Å². The third-order valence-corrected chi connectivity index (χ3v) is 3.49. The summed E-state index contributed by atoms with van der Waals surface area (Å²) in [7, 11) is 0. The minimum absolute atomic E-state index is 0.0389. The Kier molecular flexibility index (Phi) is 3.00. The number of hydrogen-bond acceptors (Lipinski definition) is 3. The van der Waals surface area contributed by atoms with E-state index in [1.54, 1.807) is 6.07 Å². The minimum Gasteiger partial charge on any atom is -0.507 e. The maximum atomic E-state index is 10.9. The molecule has 1 aromatic rings. The molecule has 78 valence electrons. The molecule has 3 heteroatoms. The Morgan fingerprint density at radius 1 is 1.50 bits per heavy atom. The minimum atomic E-state index is 0.0389. The first-order valence-corrected chi connectivity index (χ1v) is 5.44. The number of thiophene rings is 1. The molecule has 1 aromatic heterocycles. The average molecular weight is 212 g/mol. The van der Waals surface area contributed by atoms with Crippen LogP contribution in [0.1, 0.15) is 37.4 Å². The summed E-state index contributed by atoms with van der Waals surface area (Å²) >= 11 is 1.52. The van der Waals surface area contributed by atoms with Crippen molar-refractivity contribution in [3.05, 3.63) is 15.8 Å². The Hall–Kier alpha value is -0.830. The third kappa shape index (κ3) is 2.58. The predicted octanol–water partition coefficient (Wildman–Crippen LogP) is 2.88. The summed E-state index contributed by atoms with van der Waals surface area (Å²) in [6.45, 7) is 7.82. The van der Waals surface area contributed by atoms with Crippen LogP contribution < -0.4 is 0 Å². The van der Waals surface area contributed by atoms with Crippen LogP contribution in [0.4, 0.5) is 0 Å². The summed E-state index contributed by atoms with van der Waals surface area (Å²) in [4.78, 5) is 12.8. The van der Waals surface area contributed by atoms with Crippen LogP contribution in [0.3, 0.4) is 0 Å². The standard InChI is InChI=1S/C11H16O2S/c1-7(12)5-9-8(13)6-10(14-9)11(2,3)4/h6,13H,5H2,1-4H3. The molecule has 0 aliphatic rings. The Morgan fingerprint density at radius 2 is 2.07 bits per heavy atom. The highest BCUT2D eigenvalue weighted by Gasteiger charge is 2.19. The van der Waals surface area contributed by atoms with Gasteiger partial charge in [0.15, 0.2) is 0 Å². The molecule has 0 aliphatic heterocycles. The molecule has 0 unspecified atom stereocenters. The lowest BCUT2D eigenvalue weighted by atomic mass is 9.95. The zero-order chi connectivity index (χ0) is 10.9. The van der Waals surface area contributed by atoms with Gasteiger partial charge in [-0.15, -0.1) is 11.3 Å². The van der Waals surface area contributed by atoms with E-state index in [0.29, 0.717) is 6.42 Å². The largest absolute Gasteiger partial charge is 0.507 e. The Labute approximate surface area is 88.6 Å². The van der Waals surface area contributed by atoms with Crippen molar-refractivity contribution in [2.45, 2.75) is 39.5 Å². The molecule has 0 atom stereocenters. The fourth-order valence-electron chi connectivity index (χ4n) is 1.14. The van der Waals surface area contributed by atoms with Gasteiger partial charge in [0.25, 0.3) is 0 Å². The first-order valence-electron chi connectivity index (χ1n) is 4.62. The lowest BCUT2D eigenvalue weighted by Crippen LogP contribution is -2.07. The van der Waals surface area contributed by atoms with Crippen LogP contribution in [-0.4, -0.2) is 10.9 Å². The van der Waals surface area contributed by atoms with Gasteiger partial charge in [-0.05, 0) is 18.4 Å². The van der Waals surface area contributed by atoms with Gasteiger partial charge in [0, 0.05) is 11.3 Å². The van der Waals surface area contributed by atoms with Gasteiger partial charge in [-0.25, -0.2) is 0 Å². The Morgan fingerprint density at radius 3 is 2.43 bits per heavy atom. The quantitative estimate of drug-likeness (QED) is 0.818. The van der Waals surface area contributed by atoms with Gasteiger partial charge in [0.05, 0.1) is 4.88 Å². The topological polar surface area (TPSA) is 37.3 Å². The number of carbonyl (C=O) groups excluding carboxylic acids is 1. The molecule has 2 nitrogen and oxygen atoms in total. The van der Waals surface area contributed by atoms with Crippen molar-refractivity contribution in [1.82, 2.24) is 0 Å². The van der Waals surface area contributed by atoms with Crippen LogP contribution in [0, 0.1) is 0 Å². The summed E-state index contributed by atoms with van der Waals surface area (Å²) in [5.41, 5.74) is 0.0389. The van der Waals surface area contributed by atoms with Crippen molar-refractivity contribution in [2.75, 3.05) is 0 Å². The molecule has 0 bridgehead atoms. The van der Waals surface area contributed by atoms with E-state index >= 15 is 0 Å². The fraction of sp³-hybridized carbons (Fsp3) is 0.545. The van der Waals surface area contributed by atoms with E-state index in [9.17, 15) is 9.90 Å². The predicted molar refractivity (Wildman–Crippen MR) is 59.1 cm³/mol. The number of hydrogen-bond donors (Lipinski definition) is 1. The van der Waals surface area contributed by atoms with Gasteiger partial charge in [-0.2, -0.15) is 0 Å². The summed E-state index contributed by atoms with van der Waals surface area (Å²) in [6, 6.07) is 1.77. The zero-order valence-electron chi connectivity index (χ0n) is 9.05. The summed E-state index contributed by atoms with van der Waals surface area (Å²) in [6.07, 6.45) is 0.340. The smallest absolute Gasteiger partial charge is 0.135 e. The van der Waals surface area contributed by atoms with E-state index in [2.05, 4.69) is 20.8 Å². The molecule has 1 rings (SSSR count). The number of carbonyl (C=O) groups is 1. The number of rotatable bonds is 2. The second-order valence-corrected chi connectivity index (χ2v) is 5.68. The fourth-order valence-corrected chi connectivity index (χ4v) is 2.32. The molecule has 14 heavy (non-hydrogen) atoms. The molecule has 0 aliphatic carbocycles. The average Bonchev–Trinajstić information content (AvgIpc) is 2.30. The number of Topliss-reactive ketones (excluding diaryl/α,β-unsaturated/α-hetero) is 1. The van der Waals surface area contributed by atoms with Gasteiger partial charge >= 0.3 is 0 Å².